The van der Waals surface area contributed by atoms with Crippen molar-refractivity contribution in [2.75, 3.05) is 23.7 Å². The average molecular weight is 263 g/mol. The number of nitrogens with one attached hydrogen (secondary N) is 1. The number of nitrogens with two attached hydrogens (primary N) is 1. The zero-order chi connectivity index (χ0) is 14.0. The first-order valence-electron chi connectivity index (χ1n) is 6.09. The molecule has 2 amide bonds. The van der Waals surface area contributed by atoms with Gasteiger partial charge in [-0.2, -0.15) is 0 Å². The molecule has 1 aliphatic rings. The zero-order valence-corrected chi connectivity index (χ0v) is 11.0. The van der Waals surface area contributed by atoms with Crippen LogP contribution in [0.1, 0.15) is 13.8 Å². The SMILES string of the molecule is CC(C)Oc1cc(N)cc(N2CC(=O)NC(=O)C2)c1. The summed E-state index contributed by atoms with van der Waals surface area (Å²) in [4.78, 5) is 24.4. The molecule has 0 spiro atoms. The maximum Gasteiger partial charge on any atom is 0.246 e. The van der Waals surface area contributed by atoms with Crippen LogP contribution in [0.3, 0.4) is 0 Å². The predicted molar refractivity (Wildman–Crippen MR) is 72.0 cm³/mol. The van der Waals surface area contributed by atoms with Crippen molar-refractivity contribution in [3.05, 3.63) is 18.2 Å². The van der Waals surface area contributed by atoms with E-state index in [1.54, 1.807) is 23.1 Å². The van der Waals surface area contributed by atoms with Crippen molar-refractivity contribution in [3.8, 4) is 5.75 Å². The summed E-state index contributed by atoms with van der Waals surface area (Å²) in [6.07, 6.45) is 0.0286. The van der Waals surface area contributed by atoms with Crippen molar-refractivity contribution < 1.29 is 14.3 Å². The number of imide groups is 1. The Bertz CT molecular complexity index is 498. The Kier molecular flexibility index (Phi) is 3.59. The van der Waals surface area contributed by atoms with E-state index in [0.717, 1.165) is 0 Å². The van der Waals surface area contributed by atoms with Gasteiger partial charge in [0.1, 0.15) is 5.75 Å². The van der Waals surface area contributed by atoms with Crippen LogP contribution in [0, 0.1) is 0 Å². The molecule has 0 radical (unpaired) electrons. The molecule has 0 aromatic heterocycles. The molecule has 1 aliphatic heterocycles. The van der Waals surface area contributed by atoms with Gasteiger partial charge in [-0.05, 0) is 19.9 Å². The highest BCUT2D eigenvalue weighted by Gasteiger charge is 2.23. The minimum atomic E-state index is -0.315. The number of carbonyl (C=O) groups excluding carboxylic acids is 2. The summed E-state index contributed by atoms with van der Waals surface area (Å²) < 4.78 is 5.59. The molecule has 1 fully saturated rings. The van der Waals surface area contributed by atoms with E-state index >= 15 is 0 Å². The molecule has 102 valence electrons. The number of hydrogen-bond acceptors (Lipinski definition) is 5. The fraction of sp³-hybridized carbons (Fsp3) is 0.385. The second kappa shape index (κ2) is 5.17. The maximum absolute atomic E-state index is 11.4. The van der Waals surface area contributed by atoms with Crippen molar-refractivity contribution in [3.63, 3.8) is 0 Å². The van der Waals surface area contributed by atoms with Crippen LogP contribution < -0.4 is 20.7 Å². The Hall–Kier alpha value is -2.24. The number of piperazine rings is 1. The monoisotopic (exact) mass is 263 g/mol. The van der Waals surface area contributed by atoms with Crippen LogP contribution >= 0.6 is 0 Å². The van der Waals surface area contributed by atoms with Gasteiger partial charge in [0.15, 0.2) is 0 Å². The largest absolute Gasteiger partial charge is 0.491 e. The summed E-state index contributed by atoms with van der Waals surface area (Å²) >= 11 is 0. The molecular weight excluding hydrogens is 246 g/mol. The molecule has 0 aliphatic carbocycles. The lowest BCUT2D eigenvalue weighted by Crippen LogP contribution is -2.51. The molecular formula is C13H17N3O3. The molecule has 0 bridgehead atoms. The Morgan fingerprint density at radius 2 is 1.84 bits per heavy atom. The normalized spacial score (nSPS) is 15.6. The quantitative estimate of drug-likeness (QED) is 0.613. The molecule has 6 nitrogen and oxygen atoms in total. The Morgan fingerprint density at radius 1 is 1.21 bits per heavy atom. The van der Waals surface area contributed by atoms with Crippen molar-refractivity contribution in [1.29, 1.82) is 0 Å². The van der Waals surface area contributed by atoms with Crippen LogP contribution in [0.2, 0.25) is 0 Å². The van der Waals surface area contributed by atoms with Gasteiger partial charge in [0, 0.05) is 23.5 Å². The number of amides is 2. The van der Waals surface area contributed by atoms with Crippen molar-refractivity contribution in [1.82, 2.24) is 5.32 Å². The standard InChI is InChI=1S/C13H17N3O3/c1-8(2)19-11-4-9(14)3-10(5-11)16-6-12(17)15-13(18)7-16/h3-5,8H,6-7,14H2,1-2H3,(H,15,17,18). The van der Waals surface area contributed by atoms with E-state index < -0.39 is 0 Å². The molecule has 1 heterocycles. The highest BCUT2D eigenvalue weighted by Crippen LogP contribution is 2.26. The van der Waals surface area contributed by atoms with E-state index in [-0.39, 0.29) is 31.0 Å². The van der Waals surface area contributed by atoms with Crippen LogP contribution in [-0.2, 0) is 9.59 Å². The number of ether oxygens (including phenoxy) is 1. The number of rotatable bonds is 3. The molecule has 0 unspecified atom stereocenters. The van der Waals surface area contributed by atoms with Crippen LogP contribution in [0.25, 0.3) is 0 Å². The predicted octanol–water partition coefficient (Wildman–Crippen LogP) is 0.519. The Balaban J connectivity index is 2.26. The third-order valence-electron chi connectivity index (χ3n) is 2.60. The summed E-state index contributed by atoms with van der Waals surface area (Å²) in [6, 6.07) is 5.22. The minimum Gasteiger partial charge on any atom is -0.491 e. The van der Waals surface area contributed by atoms with E-state index in [0.29, 0.717) is 17.1 Å². The second-order valence-electron chi connectivity index (χ2n) is 4.75. The summed E-state index contributed by atoms with van der Waals surface area (Å²) in [7, 11) is 0. The fourth-order valence-electron chi connectivity index (χ4n) is 1.95. The fourth-order valence-corrected chi connectivity index (χ4v) is 1.95. The zero-order valence-electron chi connectivity index (χ0n) is 11.0. The number of benzene rings is 1. The van der Waals surface area contributed by atoms with Gasteiger partial charge in [-0.15, -0.1) is 0 Å². The smallest absolute Gasteiger partial charge is 0.246 e. The van der Waals surface area contributed by atoms with Gasteiger partial charge in [-0.25, -0.2) is 0 Å². The summed E-state index contributed by atoms with van der Waals surface area (Å²) in [5.74, 6) is -0.00145. The van der Waals surface area contributed by atoms with Gasteiger partial charge < -0.3 is 15.4 Å². The van der Waals surface area contributed by atoms with E-state index in [1.807, 2.05) is 13.8 Å². The lowest BCUT2D eigenvalue weighted by atomic mass is 10.2. The number of hydrogen-bond donors (Lipinski definition) is 2. The molecule has 0 saturated carbocycles. The first kappa shape index (κ1) is 13.2. The van der Waals surface area contributed by atoms with E-state index in [9.17, 15) is 9.59 Å². The third kappa shape index (κ3) is 3.37. The van der Waals surface area contributed by atoms with Crippen LogP contribution in [0.4, 0.5) is 11.4 Å². The van der Waals surface area contributed by atoms with Gasteiger partial charge in [-0.1, -0.05) is 0 Å². The first-order valence-corrected chi connectivity index (χ1v) is 6.09. The highest BCUT2D eigenvalue weighted by molar-refractivity contribution is 6.02. The molecule has 6 heteroatoms. The number of carbonyl (C=O) groups is 2. The van der Waals surface area contributed by atoms with Crippen molar-refractivity contribution in [2.45, 2.75) is 20.0 Å². The third-order valence-corrected chi connectivity index (χ3v) is 2.60. The van der Waals surface area contributed by atoms with Crippen LogP contribution in [0.5, 0.6) is 5.75 Å². The van der Waals surface area contributed by atoms with Crippen molar-refractivity contribution in [2.24, 2.45) is 0 Å². The molecule has 0 atom stereocenters. The average Bonchev–Trinajstić information content (AvgIpc) is 2.25. The topological polar surface area (TPSA) is 84.7 Å². The summed E-state index contributed by atoms with van der Waals surface area (Å²) in [6.45, 7) is 4.11. The van der Waals surface area contributed by atoms with Gasteiger partial charge in [-0.3, -0.25) is 14.9 Å². The van der Waals surface area contributed by atoms with E-state index in [1.165, 1.54) is 0 Å². The van der Waals surface area contributed by atoms with Gasteiger partial charge in [0.05, 0.1) is 19.2 Å². The van der Waals surface area contributed by atoms with Gasteiger partial charge >= 0.3 is 0 Å². The second-order valence-corrected chi connectivity index (χ2v) is 4.75. The number of nitrogen functional groups attached to an aromatic ring is 1. The molecule has 19 heavy (non-hydrogen) atoms. The lowest BCUT2D eigenvalue weighted by molar-refractivity contribution is -0.130. The van der Waals surface area contributed by atoms with E-state index in [2.05, 4.69) is 5.32 Å². The lowest BCUT2D eigenvalue weighted by Gasteiger charge is -2.28. The summed E-state index contributed by atoms with van der Waals surface area (Å²) in [5, 5.41) is 2.26. The van der Waals surface area contributed by atoms with Crippen molar-refractivity contribution >= 4 is 23.2 Å². The van der Waals surface area contributed by atoms with Gasteiger partial charge in [0.2, 0.25) is 11.8 Å². The van der Waals surface area contributed by atoms with E-state index in [4.69, 9.17) is 10.5 Å². The first-order chi connectivity index (χ1) is 8.94. The van der Waals surface area contributed by atoms with Crippen LogP contribution in [0.15, 0.2) is 18.2 Å². The Labute approximate surface area is 111 Å². The maximum atomic E-state index is 11.4. The molecule has 1 saturated heterocycles. The summed E-state index contributed by atoms with van der Waals surface area (Å²) in [5.41, 5.74) is 7.06. The minimum absolute atomic E-state index is 0.0286. The van der Waals surface area contributed by atoms with Gasteiger partial charge in [0.25, 0.3) is 0 Å². The number of nitrogens with zero attached hydrogens (tertiary/aromatic N) is 1. The Morgan fingerprint density at radius 3 is 2.42 bits per heavy atom. The number of anilines is 2. The molecule has 2 rings (SSSR count). The molecule has 1 aromatic carbocycles. The van der Waals surface area contributed by atoms with Crippen LogP contribution in [-0.4, -0.2) is 31.0 Å². The molecule has 1 aromatic rings. The molecule has 3 N–H and O–H groups in total. The highest BCUT2D eigenvalue weighted by atomic mass is 16.5.